The van der Waals surface area contributed by atoms with Crippen LogP contribution in [0.2, 0.25) is 0 Å². The van der Waals surface area contributed by atoms with Gasteiger partial charge in [-0.2, -0.15) is 8.42 Å². The third kappa shape index (κ3) is 3.23. The van der Waals surface area contributed by atoms with E-state index in [0.717, 1.165) is 5.52 Å². The number of H-pyrrole nitrogens is 1. The second-order valence-corrected chi connectivity index (χ2v) is 7.76. The maximum Gasteiger partial charge on any atom is 0.302 e. The summed E-state index contributed by atoms with van der Waals surface area (Å²) in [7, 11) is -4.25. The Kier molecular flexibility index (Phi) is 4.58. The van der Waals surface area contributed by atoms with Gasteiger partial charge in [-0.05, 0) is 42.5 Å². The van der Waals surface area contributed by atoms with Crippen molar-refractivity contribution in [2.24, 2.45) is 0 Å². The standard InChI is InChI=1S/C21H16N2O4S/c24-21(16-8-3-1-4-9-16)23(28(25,26)17-10-5-2-6-11-17)27-20-13-7-12-19-18(20)14-15-22-19/h1-15,22H. The third-order valence-electron chi connectivity index (χ3n) is 4.18. The molecule has 7 heteroatoms. The predicted octanol–water partition coefficient (Wildman–Crippen LogP) is 3.99. The van der Waals surface area contributed by atoms with Crippen LogP contribution in [-0.4, -0.2) is 23.8 Å². The highest BCUT2D eigenvalue weighted by atomic mass is 32.2. The van der Waals surface area contributed by atoms with Crippen LogP contribution in [0.4, 0.5) is 0 Å². The van der Waals surface area contributed by atoms with E-state index in [-0.39, 0.29) is 16.2 Å². The Labute approximate surface area is 162 Å². The zero-order valence-corrected chi connectivity index (χ0v) is 15.5. The van der Waals surface area contributed by atoms with Crippen molar-refractivity contribution >= 4 is 26.8 Å². The maximum atomic E-state index is 13.2. The van der Waals surface area contributed by atoms with Crippen LogP contribution in [0.3, 0.4) is 0 Å². The van der Waals surface area contributed by atoms with Gasteiger partial charge in [-0.25, -0.2) is 0 Å². The Morgan fingerprint density at radius 1 is 0.821 bits per heavy atom. The van der Waals surface area contributed by atoms with E-state index in [9.17, 15) is 13.2 Å². The lowest BCUT2D eigenvalue weighted by atomic mass is 10.2. The Balaban J connectivity index is 1.82. The molecule has 4 aromatic rings. The van der Waals surface area contributed by atoms with Crippen molar-refractivity contribution in [2.75, 3.05) is 0 Å². The Hall–Kier alpha value is -3.58. The molecular formula is C21H16N2O4S. The molecule has 1 N–H and O–H groups in total. The Morgan fingerprint density at radius 3 is 2.21 bits per heavy atom. The largest absolute Gasteiger partial charge is 0.361 e. The fourth-order valence-electron chi connectivity index (χ4n) is 2.80. The summed E-state index contributed by atoms with van der Waals surface area (Å²) in [4.78, 5) is 21.7. The van der Waals surface area contributed by atoms with Crippen LogP contribution in [-0.2, 0) is 10.0 Å². The van der Waals surface area contributed by atoms with Crippen molar-refractivity contribution in [2.45, 2.75) is 4.90 Å². The van der Waals surface area contributed by atoms with Gasteiger partial charge >= 0.3 is 5.91 Å². The second kappa shape index (κ2) is 7.21. The summed E-state index contributed by atoms with van der Waals surface area (Å²) in [5, 5.41) is 0.664. The van der Waals surface area contributed by atoms with E-state index in [1.807, 2.05) is 6.07 Å². The number of amides is 1. The summed E-state index contributed by atoms with van der Waals surface area (Å²) in [5.74, 6) is -0.528. The summed E-state index contributed by atoms with van der Waals surface area (Å²) >= 11 is 0. The number of carbonyl (C=O) groups excluding carboxylic acids is 1. The van der Waals surface area contributed by atoms with E-state index >= 15 is 0 Å². The predicted molar refractivity (Wildman–Crippen MR) is 105 cm³/mol. The number of fused-ring (bicyclic) bond motifs is 1. The molecule has 0 bridgehead atoms. The van der Waals surface area contributed by atoms with Crippen LogP contribution in [0.5, 0.6) is 5.75 Å². The number of nitrogens with one attached hydrogen (secondary N) is 1. The first-order chi connectivity index (χ1) is 13.6. The van der Waals surface area contributed by atoms with E-state index < -0.39 is 15.9 Å². The molecule has 1 aromatic heterocycles. The minimum Gasteiger partial charge on any atom is -0.361 e. The number of aromatic nitrogens is 1. The van der Waals surface area contributed by atoms with Crippen LogP contribution in [0.1, 0.15) is 10.4 Å². The van der Waals surface area contributed by atoms with Gasteiger partial charge in [0.2, 0.25) is 0 Å². The van der Waals surface area contributed by atoms with Gasteiger partial charge in [-0.3, -0.25) is 4.79 Å². The van der Waals surface area contributed by atoms with Crippen molar-refractivity contribution < 1.29 is 18.0 Å². The van der Waals surface area contributed by atoms with Gasteiger partial charge in [0, 0.05) is 22.7 Å². The molecule has 0 atom stereocenters. The lowest BCUT2D eigenvalue weighted by molar-refractivity contribution is 0.0266. The number of rotatable bonds is 5. The third-order valence-corrected chi connectivity index (χ3v) is 5.73. The number of nitrogens with zero attached hydrogens (tertiary/aromatic N) is 1. The first-order valence-electron chi connectivity index (χ1n) is 8.51. The number of benzene rings is 3. The fraction of sp³-hybridized carbons (Fsp3) is 0. The zero-order valence-electron chi connectivity index (χ0n) is 14.6. The molecule has 0 unspecified atom stereocenters. The van der Waals surface area contributed by atoms with Gasteiger partial charge in [0.25, 0.3) is 10.0 Å². The van der Waals surface area contributed by atoms with Crippen molar-refractivity contribution in [1.82, 2.24) is 9.45 Å². The number of aromatic amines is 1. The highest BCUT2D eigenvalue weighted by Gasteiger charge is 2.33. The molecule has 0 radical (unpaired) electrons. The maximum absolute atomic E-state index is 13.2. The van der Waals surface area contributed by atoms with Crippen molar-refractivity contribution in [1.29, 1.82) is 0 Å². The molecule has 1 amide bonds. The first kappa shape index (κ1) is 17.8. The van der Waals surface area contributed by atoms with Crippen molar-refractivity contribution in [3.63, 3.8) is 0 Å². The average molecular weight is 392 g/mol. The average Bonchev–Trinajstić information content (AvgIpc) is 3.22. The zero-order chi connectivity index (χ0) is 19.6. The lowest BCUT2D eigenvalue weighted by Crippen LogP contribution is -2.39. The molecule has 0 aliphatic carbocycles. The van der Waals surface area contributed by atoms with E-state index in [2.05, 4.69) is 4.98 Å². The van der Waals surface area contributed by atoms with Gasteiger partial charge < -0.3 is 9.82 Å². The number of hydrogen-bond donors (Lipinski definition) is 1. The van der Waals surface area contributed by atoms with Crippen molar-refractivity contribution in [3.8, 4) is 5.75 Å². The van der Waals surface area contributed by atoms with Gasteiger partial charge in [0.15, 0.2) is 5.75 Å². The van der Waals surface area contributed by atoms with Crippen LogP contribution in [0, 0.1) is 0 Å². The van der Waals surface area contributed by atoms with Gasteiger partial charge in [0.05, 0.1) is 4.90 Å². The van der Waals surface area contributed by atoms with Crippen LogP contribution in [0.15, 0.2) is 96.0 Å². The van der Waals surface area contributed by atoms with E-state index in [0.29, 0.717) is 9.85 Å². The van der Waals surface area contributed by atoms with E-state index in [1.54, 1.807) is 60.8 Å². The summed E-state index contributed by atoms with van der Waals surface area (Å²) in [5.41, 5.74) is 0.963. The molecule has 1 heterocycles. The van der Waals surface area contributed by atoms with E-state index in [4.69, 9.17) is 4.84 Å². The topological polar surface area (TPSA) is 79.5 Å². The number of sulfonamides is 1. The smallest absolute Gasteiger partial charge is 0.302 e. The number of hydroxylamine groups is 1. The van der Waals surface area contributed by atoms with Gasteiger partial charge in [-0.1, -0.05) is 46.9 Å². The molecule has 3 aromatic carbocycles. The molecular weight excluding hydrogens is 376 g/mol. The highest BCUT2D eigenvalue weighted by Crippen LogP contribution is 2.28. The van der Waals surface area contributed by atoms with Crippen LogP contribution < -0.4 is 4.84 Å². The SMILES string of the molecule is O=C(c1ccccc1)N(Oc1cccc2[nH]ccc12)S(=O)(=O)c1ccccc1. The minimum absolute atomic E-state index is 0.0412. The molecule has 140 valence electrons. The van der Waals surface area contributed by atoms with E-state index in [1.165, 1.54) is 24.3 Å². The fourth-order valence-corrected chi connectivity index (χ4v) is 3.99. The molecule has 0 saturated carbocycles. The monoisotopic (exact) mass is 392 g/mol. The van der Waals surface area contributed by atoms with Crippen LogP contribution in [0.25, 0.3) is 10.9 Å². The number of carbonyl (C=O) groups is 1. The van der Waals surface area contributed by atoms with Crippen molar-refractivity contribution in [3.05, 3.63) is 96.7 Å². The number of hydrogen-bond acceptors (Lipinski definition) is 4. The first-order valence-corrected chi connectivity index (χ1v) is 9.95. The quantitative estimate of drug-likeness (QED) is 0.521. The molecule has 6 nitrogen and oxygen atoms in total. The second-order valence-electron chi connectivity index (χ2n) is 6.00. The van der Waals surface area contributed by atoms with Gasteiger partial charge in [-0.15, -0.1) is 0 Å². The molecule has 0 spiro atoms. The molecule has 0 aliphatic heterocycles. The molecule has 0 fully saturated rings. The van der Waals surface area contributed by atoms with Crippen LogP contribution >= 0.6 is 0 Å². The summed E-state index contributed by atoms with van der Waals surface area (Å²) in [6, 6.07) is 22.8. The Morgan fingerprint density at radius 2 is 1.50 bits per heavy atom. The molecule has 28 heavy (non-hydrogen) atoms. The highest BCUT2D eigenvalue weighted by molar-refractivity contribution is 7.89. The Bertz CT molecular complexity index is 1220. The summed E-state index contributed by atoms with van der Waals surface area (Å²) in [6.07, 6.45) is 1.71. The normalized spacial score (nSPS) is 11.3. The molecule has 0 aliphatic rings. The summed E-state index contributed by atoms with van der Waals surface area (Å²) in [6.45, 7) is 0. The molecule has 0 saturated heterocycles. The van der Waals surface area contributed by atoms with Gasteiger partial charge in [0.1, 0.15) is 0 Å². The molecule has 4 rings (SSSR count). The minimum atomic E-state index is -4.25. The summed E-state index contributed by atoms with van der Waals surface area (Å²) < 4.78 is 26.8. The lowest BCUT2D eigenvalue weighted by Gasteiger charge is -2.22.